The molecule has 29 heavy (non-hydrogen) atoms. The van der Waals surface area contributed by atoms with E-state index in [9.17, 15) is 14.7 Å². The summed E-state index contributed by atoms with van der Waals surface area (Å²) >= 11 is 0. The standard InChI is InChI=1S/C19H23N7O3/c27-14-3-1-2-12(14)22-15-7-16(20-8-10-4-5-10)26-17(24-15)11(9-21-26)6-13-18(28)25-19(29)23-13/h6-7,9-10,12,14,20,27H,1-5,8H2,(H,22,24)(H2,23,25,28,29)/b13-6-/t12?,14-/m0/s1. The first kappa shape index (κ1) is 17.9. The van der Waals surface area contributed by atoms with Gasteiger partial charge in [-0.05, 0) is 44.1 Å². The van der Waals surface area contributed by atoms with Crippen molar-refractivity contribution in [1.82, 2.24) is 25.2 Å². The molecule has 10 heteroatoms. The van der Waals surface area contributed by atoms with Crippen molar-refractivity contribution in [1.29, 1.82) is 0 Å². The van der Waals surface area contributed by atoms with Crippen molar-refractivity contribution in [2.45, 2.75) is 44.2 Å². The van der Waals surface area contributed by atoms with Gasteiger partial charge in [0.25, 0.3) is 5.91 Å². The molecule has 1 saturated heterocycles. The lowest BCUT2D eigenvalue weighted by atomic mass is 10.2. The fourth-order valence-electron chi connectivity index (χ4n) is 3.79. The Morgan fingerprint density at radius 2 is 2.10 bits per heavy atom. The van der Waals surface area contributed by atoms with E-state index in [1.54, 1.807) is 16.8 Å². The third-order valence-corrected chi connectivity index (χ3v) is 5.60. The van der Waals surface area contributed by atoms with E-state index >= 15 is 0 Å². The van der Waals surface area contributed by atoms with Gasteiger partial charge in [-0.15, -0.1) is 0 Å². The summed E-state index contributed by atoms with van der Waals surface area (Å²) < 4.78 is 1.69. The average Bonchev–Trinajstić information content (AvgIpc) is 3.18. The highest BCUT2D eigenvalue weighted by molar-refractivity contribution is 6.14. The molecule has 2 saturated carbocycles. The van der Waals surface area contributed by atoms with Gasteiger partial charge < -0.3 is 21.1 Å². The van der Waals surface area contributed by atoms with E-state index in [2.05, 4.69) is 31.3 Å². The molecular weight excluding hydrogens is 374 g/mol. The highest BCUT2D eigenvalue weighted by Crippen LogP contribution is 2.30. The summed E-state index contributed by atoms with van der Waals surface area (Å²) in [4.78, 5) is 27.9. The molecule has 3 heterocycles. The Kier molecular flexibility index (Phi) is 4.35. The van der Waals surface area contributed by atoms with E-state index in [4.69, 9.17) is 0 Å². The summed E-state index contributed by atoms with van der Waals surface area (Å²) in [6.45, 7) is 0.860. The molecule has 5 N–H and O–H groups in total. The molecule has 0 radical (unpaired) electrons. The number of amides is 3. The first-order chi connectivity index (χ1) is 14.1. The first-order valence-electron chi connectivity index (χ1n) is 9.98. The van der Waals surface area contributed by atoms with Gasteiger partial charge in [0, 0.05) is 18.2 Å². The summed E-state index contributed by atoms with van der Waals surface area (Å²) in [5.41, 5.74) is 1.33. The molecule has 2 aliphatic carbocycles. The number of hydrogen-bond acceptors (Lipinski definition) is 7. The minimum atomic E-state index is -0.546. The van der Waals surface area contributed by atoms with Gasteiger partial charge in [0.15, 0.2) is 5.65 Å². The Morgan fingerprint density at radius 3 is 2.79 bits per heavy atom. The maximum absolute atomic E-state index is 11.9. The van der Waals surface area contributed by atoms with E-state index in [1.165, 1.54) is 12.8 Å². The number of imide groups is 1. The summed E-state index contributed by atoms with van der Waals surface area (Å²) in [6, 6.07) is 1.31. The fraction of sp³-hybridized carbons (Fsp3) is 0.474. The molecule has 2 aromatic rings. The summed E-state index contributed by atoms with van der Waals surface area (Å²) in [7, 11) is 0. The summed E-state index contributed by atoms with van der Waals surface area (Å²) in [5.74, 6) is 1.63. The number of fused-ring (bicyclic) bond motifs is 1. The predicted molar refractivity (Wildman–Crippen MR) is 106 cm³/mol. The lowest BCUT2D eigenvalue weighted by Gasteiger charge is -2.18. The third-order valence-electron chi connectivity index (χ3n) is 5.60. The summed E-state index contributed by atoms with van der Waals surface area (Å²) in [5, 5.41) is 26.0. The van der Waals surface area contributed by atoms with Crippen LogP contribution < -0.4 is 21.3 Å². The number of anilines is 2. The molecule has 5 rings (SSSR count). The van der Waals surface area contributed by atoms with Crippen molar-refractivity contribution in [3.63, 3.8) is 0 Å². The molecule has 2 atom stereocenters. The van der Waals surface area contributed by atoms with Gasteiger partial charge in [0.1, 0.15) is 17.3 Å². The fourth-order valence-corrected chi connectivity index (χ4v) is 3.79. The van der Waals surface area contributed by atoms with Crippen LogP contribution in [-0.2, 0) is 4.79 Å². The van der Waals surface area contributed by atoms with Crippen LogP contribution in [0, 0.1) is 5.92 Å². The van der Waals surface area contributed by atoms with E-state index in [0.29, 0.717) is 22.9 Å². The van der Waals surface area contributed by atoms with Crippen molar-refractivity contribution in [3.05, 3.63) is 23.5 Å². The van der Waals surface area contributed by atoms with E-state index in [1.807, 2.05) is 6.07 Å². The smallest absolute Gasteiger partial charge is 0.326 e. The number of urea groups is 1. The Bertz CT molecular complexity index is 1010. The molecule has 1 aliphatic heterocycles. The number of carbonyl (C=O) groups is 2. The normalized spacial score (nSPS) is 25.5. The number of carbonyl (C=O) groups excluding carboxylic acids is 2. The Labute approximate surface area is 166 Å². The molecule has 10 nitrogen and oxygen atoms in total. The maximum atomic E-state index is 11.9. The number of nitrogens with zero attached hydrogens (tertiary/aromatic N) is 3. The monoisotopic (exact) mass is 397 g/mol. The topological polar surface area (TPSA) is 133 Å². The van der Waals surface area contributed by atoms with Crippen molar-refractivity contribution >= 4 is 35.3 Å². The van der Waals surface area contributed by atoms with Crippen molar-refractivity contribution in [3.8, 4) is 0 Å². The van der Waals surface area contributed by atoms with E-state index in [0.717, 1.165) is 31.6 Å². The zero-order valence-electron chi connectivity index (χ0n) is 15.8. The number of hydrogen-bond donors (Lipinski definition) is 5. The average molecular weight is 397 g/mol. The number of rotatable bonds is 6. The molecule has 1 unspecified atom stereocenters. The second kappa shape index (κ2) is 7.03. The van der Waals surface area contributed by atoms with Gasteiger partial charge in [-0.25, -0.2) is 9.78 Å². The van der Waals surface area contributed by atoms with Crippen molar-refractivity contribution in [2.75, 3.05) is 17.2 Å². The van der Waals surface area contributed by atoms with Crippen LogP contribution in [-0.4, -0.2) is 50.3 Å². The maximum Gasteiger partial charge on any atom is 0.326 e. The lowest BCUT2D eigenvalue weighted by molar-refractivity contribution is -0.115. The third kappa shape index (κ3) is 3.63. The molecule has 3 amide bonds. The highest BCUT2D eigenvalue weighted by Gasteiger charge is 2.27. The second-order valence-electron chi connectivity index (χ2n) is 7.90. The molecule has 3 fully saturated rings. The quantitative estimate of drug-likeness (QED) is 0.364. The van der Waals surface area contributed by atoms with E-state index in [-0.39, 0.29) is 17.8 Å². The van der Waals surface area contributed by atoms with Gasteiger partial charge in [0.05, 0.1) is 18.3 Å². The minimum Gasteiger partial charge on any atom is -0.391 e. The molecule has 2 aromatic heterocycles. The predicted octanol–water partition coefficient (Wildman–Crippen LogP) is 1.06. The van der Waals surface area contributed by atoms with E-state index < -0.39 is 11.9 Å². The van der Waals surface area contributed by atoms with Crippen LogP contribution in [0.1, 0.15) is 37.7 Å². The van der Waals surface area contributed by atoms with Crippen LogP contribution in [0.25, 0.3) is 11.7 Å². The largest absolute Gasteiger partial charge is 0.391 e. The first-order valence-corrected chi connectivity index (χ1v) is 9.98. The number of nitrogens with one attached hydrogen (secondary N) is 4. The van der Waals surface area contributed by atoms with Gasteiger partial charge in [-0.2, -0.15) is 9.61 Å². The molecule has 0 spiro atoms. The van der Waals surface area contributed by atoms with Crippen LogP contribution in [0.2, 0.25) is 0 Å². The zero-order valence-corrected chi connectivity index (χ0v) is 15.8. The Morgan fingerprint density at radius 1 is 1.24 bits per heavy atom. The second-order valence-corrected chi connectivity index (χ2v) is 7.90. The Balaban J connectivity index is 1.51. The molecule has 3 aliphatic rings. The van der Waals surface area contributed by atoms with Crippen LogP contribution in [0.3, 0.4) is 0 Å². The van der Waals surface area contributed by atoms with Crippen LogP contribution in [0.5, 0.6) is 0 Å². The zero-order chi connectivity index (χ0) is 20.0. The molecule has 152 valence electrons. The number of aromatic nitrogens is 3. The number of aliphatic hydroxyl groups is 1. The molecule has 0 bridgehead atoms. The van der Waals surface area contributed by atoms with Gasteiger partial charge in [0.2, 0.25) is 0 Å². The Hall–Kier alpha value is -3.14. The van der Waals surface area contributed by atoms with Crippen LogP contribution in [0.4, 0.5) is 16.4 Å². The lowest BCUT2D eigenvalue weighted by Crippen LogP contribution is -2.28. The van der Waals surface area contributed by atoms with Crippen LogP contribution in [0.15, 0.2) is 18.0 Å². The van der Waals surface area contributed by atoms with Gasteiger partial charge >= 0.3 is 6.03 Å². The summed E-state index contributed by atoms with van der Waals surface area (Å²) in [6.07, 6.45) is 7.90. The van der Waals surface area contributed by atoms with Crippen molar-refractivity contribution in [2.24, 2.45) is 5.92 Å². The highest BCUT2D eigenvalue weighted by atomic mass is 16.3. The molecule has 0 aromatic carbocycles. The van der Waals surface area contributed by atoms with Gasteiger partial charge in [-0.3, -0.25) is 10.1 Å². The van der Waals surface area contributed by atoms with Crippen molar-refractivity contribution < 1.29 is 14.7 Å². The van der Waals surface area contributed by atoms with Gasteiger partial charge in [-0.1, -0.05) is 0 Å². The van der Waals surface area contributed by atoms with Crippen LogP contribution >= 0.6 is 0 Å². The SMILES string of the molecule is O=C1NC(=O)/C(=C/c2cnn3c(NCC4CC4)cc(NC4CCC[C@@H]4O)nc23)N1. The number of aliphatic hydroxyl groups excluding tert-OH is 1. The molecular formula is C19H23N7O3. The minimum absolute atomic E-state index is 0.0362.